The Morgan fingerprint density at radius 3 is 2.17 bits per heavy atom. The van der Waals surface area contributed by atoms with Gasteiger partial charge in [0.2, 0.25) is 0 Å². The number of thioether (sulfide) groups is 1. The Labute approximate surface area is 176 Å². The van der Waals surface area contributed by atoms with E-state index in [-0.39, 0.29) is 18.9 Å². The van der Waals surface area contributed by atoms with Crippen LogP contribution in [0.25, 0.3) is 0 Å². The Morgan fingerprint density at radius 2 is 1.66 bits per heavy atom. The number of amides is 1. The van der Waals surface area contributed by atoms with Gasteiger partial charge in [-0.05, 0) is 56.1 Å². The zero-order chi connectivity index (χ0) is 21.4. The van der Waals surface area contributed by atoms with Crippen molar-refractivity contribution in [2.24, 2.45) is 0 Å². The van der Waals surface area contributed by atoms with Gasteiger partial charge in [-0.3, -0.25) is 9.59 Å². The lowest BCUT2D eigenvalue weighted by molar-refractivity contribution is -0.147. The second-order valence-corrected chi connectivity index (χ2v) is 7.50. The molecular formula is C22H29N3O3S. The van der Waals surface area contributed by atoms with Gasteiger partial charge in [-0.25, -0.2) is 9.97 Å². The number of para-hydroxylation sites is 1. The number of nitrogens with zero attached hydrogens (tertiary/aromatic N) is 2. The van der Waals surface area contributed by atoms with Crippen molar-refractivity contribution in [2.75, 3.05) is 18.2 Å². The average Bonchev–Trinajstić information content (AvgIpc) is 2.71. The molecule has 0 saturated carbocycles. The van der Waals surface area contributed by atoms with Gasteiger partial charge in [0.05, 0.1) is 0 Å². The molecule has 1 amide bonds. The first-order valence-electron chi connectivity index (χ1n) is 9.83. The third-order valence-corrected chi connectivity index (χ3v) is 5.34. The number of hydrogen-bond acceptors (Lipinski definition) is 6. The number of aryl methyl sites for hydroxylation is 4. The Hall–Kier alpha value is -2.41. The van der Waals surface area contributed by atoms with Crippen LogP contribution in [0.2, 0.25) is 0 Å². The summed E-state index contributed by atoms with van der Waals surface area (Å²) < 4.78 is 5.17. The molecule has 1 heterocycles. The standard InChI is InChI=1S/C22H29N3O3S/c1-6-16-9-8-10-17(7-2)21(16)25-19(26)13-28-20(27)12-11-18-14(3)23-22(29-5)24-15(18)4/h8-10H,6-7,11-13H2,1-5H3,(H,25,26). The molecule has 0 atom stereocenters. The highest BCUT2D eigenvalue weighted by Crippen LogP contribution is 2.22. The van der Waals surface area contributed by atoms with Gasteiger partial charge >= 0.3 is 5.97 Å². The maximum Gasteiger partial charge on any atom is 0.306 e. The molecule has 0 fully saturated rings. The number of ether oxygens (including phenoxy) is 1. The van der Waals surface area contributed by atoms with Crippen molar-refractivity contribution in [3.05, 3.63) is 46.3 Å². The van der Waals surface area contributed by atoms with Crippen LogP contribution in [0.15, 0.2) is 23.4 Å². The molecule has 0 aliphatic carbocycles. The van der Waals surface area contributed by atoms with Gasteiger partial charge in [0.15, 0.2) is 11.8 Å². The molecule has 7 heteroatoms. The van der Waals surface area contributed by atoms with Gasteiger partial charge in [-0.15, -0.1) is 0 Å². The topological polar surface area (TPSA) is 81.2 Å². The van der Waals surface area contributed by atoms with E-state index >= 15 is 0 Å². The number of carbonyl (C=O) groups is 2. The third kappa shape index (κ3) is 6.29. The Balaban J connectivity index is 1.90. The van der Waals surface area contributed by atoms with Crippen molar-refractivity contribution >= 4 is 29.3 Å². The second kappa shape index (κ2) is 11.0. The molecule has 0 radical (unpaired) electrons. The smallest absolute Gasteiger partial charge is 0.306 e. The van der Waals surface area contributed by atoms with Crippen LogP contribution in [0.5, 0.6) is 0 Å². The maximum absolute atomic E-state index is 12.3. The molecule has 0 aliphatic rings. The molecule has 0 spiro atoms. The first-order valence-corrected chi connectivity index (χ1v) is 11.1. The number of hydrogen-bond donors (Lipinski definition) is 1. The fraction of sp³-hybridized carbons (Fsp3) is 0.455. The highest BCUT2D eigenvalue weighted by atomic mass is 32.2. The van der Waals surface area contributed by atoms with Crippen LogP contribution >= 0.6 is 11.8 Å². The van der Waals surface area contributed by atoms with E-state index in [1.807, 2.05) is 52.1 Å². The number of anilines is 1. The Kier molecular flexibility index (Phi) is 8.64. The molecule has 2 aromatic rings. The number of esters is 1. The number of aromatic nitrogens is 2. The lowest BCUT2D eigenvalue weighted by Crippen LogP contribution is -2.22. The Morgan fingerprint density at radius 1 is 1.07 bits per heavy atom. The van der Waals surface area contributed by atoms with E-state index in [9.17, 15) is 9.59 Å². The summed E-state index contributed by atoms with van der Waals surface area (Å²) in [6, 6.07) is 5.98. The monoisotopic (exact) mass is 415 g/mol. The van der Waals surface area contributed by atoms with Gasteiger partial charge in [-0.2, -0.15) is 0 Å². The van der Waals surface area contributed by atoms with Gasteiger partial charge in [-0.1, -0.05) is 43.8 Å². The van der Waals surface area contributed by atoms with Gasteiger partial charge in [0, 0.05) is 23.5 Å². The minimum Gasteiger partial charge on any atom is -0.456 e. The van der Waals surface area contributed by atoms with Crippen molar-refractivity contribution < 1.29 is 14.3 Å². The van der Waals surface area contributed by atoms with Crippen LogP contribution in [-0.2, 0) is 33.6 Å². The first kappa shape index (κ1) is 22.9. The average molecular weight is 416 g/mol. The summed E-state index contributed by atoms with van der Waals surface area (Å²) in [6.45, 7) is 7.63. The van der Waals surface area contributed by atoms with Gasteiger partial charge in [0.25, 0.3) is 5.91 Å². The van der Waals surface area contributed by atoms with Crippen LogP contribution in [0.1, 0.15) is 48.3 Å². The van der Waals surface area contributed by atoms with E-state index in [0.29, 0.717) is 6.42 Å². The maximum atomic E-state index is 12.3. The molecule has 6 nitrogen and oxygen atoms in total. The summed E-state index contributed by atoms with van der Waals surface area (Å²) in [7, 11) is 0. The van der Waals surface area contributed by atoms with Crippen LogP contribution in [0, 0.1) is 13.8 Å². The molecule has 29 heavy (non-hydrogen) atoms. The fourth-order valence-electron chi connectivity index (χ4n) is 3.19. The summed E-state index contributed by atoms with van der Waals surface area (Å²) in [5.74, 6) is -0.735. The minimum absolute atomic E-state index is 0.183. The van der Waals surface area contributed by atoms with Crippen molar-refractivity contribution in [1.29, 1.82) is 0 Å². The molecule has 1 N–H and O–H groups in total. The Bertz CT molecular complexity index is 838. The molecule has 0 bridgehead atoms. The summed E-state index contributed by atoms with van der Waals surface area (Å²) in [6.07, 6.45) is 4.24. The number of benzene rings is 1. The normalized spacial score (nSPS) is 10.7. The second-order valence-electron chi connectivity index (χ2n) is 6.73. The van der Waals surface area contributed by atoms with Crippen molar-refractivity contribution in [3.8, 4) is 0 Å². The van der Waals surface area contributed by atoms with Crippen molar-refractivity contribution in [2.45, 2.75) is 58.5 Å². The number of nitrogens with one attached hydrogen (secondary N) is 1. The van der Waals surface area contributed by atoms with E-state index in [1.165, 1.54) is 11.8 Å². The zero-order valence-corrected chi connectivity index (χ0v) is 18.6. The molecule has 0 aliphatic heterocycles. The van der Waals surface area contributed by atoms with Crippen LogP contribution < -0.4 is 5.32 Å². The van der Waals surface area contributed by atoms with E-state index < -0.39 is 5.97 Å². The molecule has 0 saturated heterocycles. The summed E-state index contributed by atoms with van der Waals surface area (Å²) in [5.41, 5.74) is 5.67. The summed E-state index contributed by atoms with van der Waals surface area (Å²) in [4.78, 5) is 33.3. The largest absolute Gasteiger partial charge is 0.456 e. The molecular weight excluding hydrogens is 386 g/mol. The predicted octanol–water partition coefficient (Wildman–Crippen LogP) is 4.05. The van der Waals surface area contributed by atoms with Crippen LogP contribution in [0.4, 0.5) is 5.69 Å². The molecule has 1 aromatic carbocycles. The van der Waals surface area contributed by atoms with E-state index in [0.717, 1.165) is 51.8 Å². The fourth-order valence-corrected chi connectivity index (χ4v) is 3.64. The molecule has 0 unspecified atom stereocenters. The lowest BCUT2D eigenvalue weighted by Gasteiger charge is -2.14. The highest BCUT2D eigenvalue weighted by Gasteiger charge is 2.14. The lowest BCUT2D eigenvalue weighted by atomic mass is 10.0. The van der Waals surface area contributed by atoms with Crippen LogP contribution in [0.3, 0.4) is 0 Å². The first-order chi connectivity index (χ1) is 13.9. The van der Waals surface area contributed by atoms with Crippen LogP contribution in [-0.4, -0.2) is 34.7 Å². The number of rotatable bonds is 9. The minimum atomic E-state index is -0.410. The van der Waals surface area contributed by atoms with E-state index in [2.05, 4.69) is 15.3 Å². The van der Waals surface area contributed by atoms with Crippen molar-refractivity contribution in [1.82, 2.24) is 9.97 Å². The van der Waals surface area contributed by atoms with Gasteiger partial charge < -0.3 is 10.1 Å². The highest BCUT2D eigenvalue weighted by molar-refractivity contribution is 7.98. The van der Waals surface area contributed by atoms with Gasteiger partial charge in [0.1, 0.15) is 0 Å². The predicted molar refractivity (Wildman–Crippen MR) is 116 cm³/mol. The van der Waals surface area contributed by atoms with E-state index in [4.69, 9.17) is 4.74 Å². The summed E-state index contributed by atoms with van der Waals surface area (Å²) in [5, 5.41) is 3.63. The molecule has 2 rings (SSSR count). The van der Waals surface area contributed by atoms with E-state index in [1.54, 1.807) is 0 Å². The molecule has 1 aromatic heterocycles. The third-order valence-electron chi connectivity index (χ3n) is 4.79. The van der Waals surface area contributed by atoms with Crippen molar-refractivity contribution in [3.63, 3.8) is 0 Å². The molecule has 156 valence electrons. The number of carbonyl (C=O) groups excluding carboxylic acids is 2. The SMILES string of the molecule is CCc1cccc(CC)c1NC(=O)COC(=O)CCc1c(C)nc(SC)nc1C. The quantitative estimate of drug-likeness (QED) is 0.378. The zero-order valence-electron chi connectivity index (χ0n) is 17.8. The summed E-state index contributed by atoms with van der Waals surface area (Å²) >= 11 is 1.49.